The molecule has 10 heteroatoms. The molecule has 1 aliphatic rings. The first-order valence-electron chi connectivity index (χ1n) is 11.2. The number of rotatable bonds is 9. The lowest BCUT2D eigenvalue weighted by Crippen LogP contribution is -2.42. The highest BCUT2D eigenvalue weighted by atomic mass is 32.2. The van der Waals surface area contributed by atoms with Gasteiger partial charge in [-0.15, -0.1) is 0 Å². The number of hydrogen-bond acceptors (Lipinski definition) is 6. The average Bonchev–Trinajstić information content (AvgIpc) is 2.85. The number of primary sulfonamides is 1. The minimum absolute atomic E-state index is 0.0495. The van der Waals surface area contributed by atoms with E-state index in [4.69, 9.17) is 9.88 Å². The number of amides is 2. The summed E-state index contributed by atoms with van der Waals surface area (Å²) >= 11 is 0. The fourth-order valence-electron chi connectivity index (χ4n) is 3.83. The van der Waals surface area contributed by atoms with Gasteiger partial charge in [-0.2, -0.15) is 0 Å². The number of sulfonamides is 1. The summed E-state index contributed by atoms with van der Waals surface area (Å²) in [6.45, 7) is 0.739. The Morgan fingerprint density at radius 1 is 1.06 bits per heavy atom. The van der Waals surface area contributed by atoms with E-state index in [1.165, 1.54) is 12.1 Å². The van der Waals surface area contributed by atoms with Crippen molar-refractivity contribution in [2.75, 3.05) is 18.0 Å². The van der Waals surface area contributed by atoms with Gasteiger partial charge >= 0.3 is 0 Å². The number of nitrogens with one attached hydrogen (secondary N) is 1. The largest absolute Gasteiger partial charge is 0.472 e. The maximum atomic E-state index is 13.2. The van der Waals surface area contributed by atoms with Crippen molar-refractivity contribution < 1.29 is 22.7 Å². The third-order valence-electron chi connectivity index (χ3n) is 5.62. The molecule has 35 heavy (non-hydrogen) atoms. The van der Waals surface area contributed by atoms with Crippen molar-refractivity contribution in [3.63, 3.8) is 0 Å². The first-order valence-corrected chi connectivity index (χ1v) is 12.7. The molecule has 1 aliphatic heterocycles. The summed E-state index contributed by atoms with van der Waals surface area (Å²) in [6, 6.07) is 19.0. The zero-order chi connectivity index (χ0) is 24.8. The highest BCUT2D eigenvalue weighted by molar-refractivity contribution is 7.89. The van der Waals surface area contributed by atoms with Crippen molar-refractivity contribution in [3.05, 3.63) is 84.1 Å². The van der Waals surface area contributed by atoms with Gasteiger partial charge in [-0.3, -0.25) is 14.5 Å². The number of benzene rings is 2. The van der Waals surface area contributed by atoms with Crippen LogP contribution in [0, 0.1) is 0 Å². The third kappa shape index (κ3) is 6.03. The van der Waals surface area contributed by atoms with E-state index < -0.39 is 16.1 Å². The lowest BCUT2D eigenvalue weighted by molar-refractivity contribution is -0.127. The molecule has 0 spiro atoms. The van der Waals surface area contributed by atoms with Crippen molar-refractivity contribution in [3.8, 4) is 5.75 Å². The molecule has 0 bridgehead atoms. The fourth-order valence-corrected chi connectivity index (χ4v) is 4.35. The SMILES string of the molecule is NS(=O)(=O)c1ccc(CCNC(=O)CCCN2C(=O)[C@@H](c3ccccc3)Oc3cccnc32)cc1. The number of anilines is 1. The molecule has 0 radical (unpaired) electrons. The number of nitrogens with two attached hydrogens (primary N) is 1. The van der Waals surface area contributed by atoms with Gasteiger partial charge < -0.3 is 10.1 Å². The van der Waals surface area contributed by atoms with E-state index in [2.05, 4.69) is 10.3 Å². The zero-order valence-corrected chi connectivity index (χ0v) is 19.8. The lowest BCUT2D eigenvalue weighted by Gasteiger charge is -2.33. The summed E-state index contributed by atoms with van der Waals surface area (Å²) in [5.74, 6) is 0.630. The molecule has 3 aromatic rings. The first kappa shape index (κ1) is 24.4. The Balaban J connectivity index is 1.30. The minimum Gasteiger partial charge on any atom is -0.472 e. The number of carbonyl (C=O) groups excluding carboxylic acids is 2. The average molecular weight is 495 g/mol. The van der Waals surface area contributed by atoms with Gasteiger partial charge in [-0.25, -0.2) is 18.5 Å². The number of ether oxygens (including phenoxy) is 1. The van der Waals surface area contributed by atoms with E-state index >= 15 is 0 Å². The Kier molecular flexibility index (Phi) is 7.42. The van der Waals surface area contributed by atoms with Crippen LogP contribution in [0.25, 0.3) is 0 Å². The third-order valence-corrected chi connectivity index (χ3v) is 6.55. The summed E-state index contributed by atoms with van der Waals surface area (Å²) in [5.41, 5.74) is 1.64. The fraction of sp³-hybridized carbons (Fsp3) is 0.240. The van der Waals surface area contributed by atoms with Crippen LogP contribution in [0.3, 0.4) is 0 Å². The van der Waals surface area contributed by atoms with Gasteiger partial charge in [0.1, 0.15) is 0 Å². The quantitative estimate of drug-likeness (QED) is 0.469. The summed E-state index contributed by atoms with van der Waals surface area (Å²) in [6.07, 6.45) is 2.09. The van der Waals surface area contributed by atoms with Crippen LogP contribution in [0.2, 0.25) is 0 Å². The molecule has 0 saturated heterocycles. The van der Waals surface area contributed by atoms with Crippen LogP contribution in [-0.2, 0) is 26.0 Å². The molecule has 2 aromatic carbocycles. The molecule has 4 rings (SSSR count). The number of carbonyl (C=O) groups is 2. The molecule has 182 valence electrons. The first-order chi connectivity index (χ1) is 16.8. The normalized spacial score (nSPS) is 15.3. The highest BCUT2D eigenvalue weighted by Crippen LogP contribution is 2.37. The van der Waals surface area contributed by atoms with Gasteiger partial charge in [0.15, 0.2) is 11.6 Å². The number of aromatic nitrogens is 1. The van der Waals surface area contributed by atoms with Crippen LogP contribution in [0.1, 0.15) is 30.1 Å². The van der Waals surface area contributed by atoms with Crippen LogP contribution >= 0.6 is 0 Å². The van der Waals surface area contributed by atoms with E-state index in [9.17, 15) is 18.0 Å². The van der Waals surface area contributed by atoms with Crippen LogP contribution in [0.5, 0.6) is 5.75 Å². The van der Waals surface area contributed by atoms with Crippen LogP contribution < -0.4 is 20.1 Å². The molecular formula is C25H26N4O5S. The molecule has 0 saturated carbocycles. The maximum absolute atomic E-state index is 13.2. The van der Waals surface area contributed by atoms with E-state index in [0.29, 0.717) is 37.5 Å². The standard InChI is InChI=1S/C25H26N4O5S/c26-35(32,33)20-12-10-18(11-13-20)14-16-27-22(30)9-5-17-29-24-21(8-4-15-28-24)34-23(25(29)31)19-6-2-1-3-7-19/h1-4,6-8,10-13,15,23H,5,9,14,16-17H2,(H,27,30)(H2,26,32,33)/t23-/m1/s1. The number of fused-ring (bicyclic) bond motifs is 1. The highest BCUT2D eigenvalue weighted by Gasteiger charge is 2.36. The van der Waals surface area contributed by atoms with Crippen LogP contribution in [-0.4, -0.2) is 38.3 Å². The second-order valence-corrected chi connectivity index (χ2v) is 9.68. The van der Waals surface area contributed by atoms with Crippen molar-refractivity contribution in [2.24, 2.45) is 5.14 Å². The molecule has 2 amide bonds. The summed E-state index contributed by atoms with van der Waals surface area (Å²) in [7, 11) is -3.73. The Bertz CT molecular complexity index is 1300. The van der Waals surface area contributed by atoms with E-state index in [-0.39, 0.29) is 23.1 Å². The van der Waals surface area contributed by atoms with E-state index in [0.717, 1.165) is 11.1 Å². The molecule has 9 nitrogen and oxygen atoms in total. The van der Waals surface area contributed by atoms with Gasteiger partial charge in [-0.1, -0.05) is 42.5 Å². The van der Waals surface area contributed by atoms with Crippen molar-refractivity contribution >= 4 is 27.7 Å². The van der Waals surface area contributed by atoms with Crippen molar-refractivity contribution in [1.82, 2.24) is 10.3 Å². The van der Waals surface area contributed by atoms with Gasteiger partial charge in [0.05, 0.1) is 4.90 Å². The van der Waals surface area contributed by atoms with Gasteiger partial charge in [-0.05, 0) is 42.7 Å². The Hall–Kier alpha value is -3.76. The van der Waals surface area contributed by atoms with Crippen molar-refractivity contribution in [2.45, 2.75) is 30.3 Å². The smallest absolute Gasteiger partial charge is 0.274 e. The van der Waals surface area contributed by atoms with Gasteiger partial charge in [0, 0.05) is 31.3 Å². The monoisotopic (exact) mass is 494 g/mol. The summed E-state index contributed by atoms with van der Waals surface area (Å²) in [5, 5.41) is 7.95. The molecular weight excluding hydrogens is 468 g/mol. The molecule has 1 aromatic heterocycles. The zero-order valence-electron chi connectivity index (χ0n) is 19.0. The molecule has 1 atom stereocenters. The predicted octanol–water partition coefficient (Wildman–Crippen LogP) is 2.33. The molecule has 3 N–H and O–H groups in total. The predicted molar refractivity (Wildman–Crippen MR) is 130 cm³/mol. The molecule has 2 heterocycles. The Morgan fingerprint density at radius 2 is 1.80 bits per heavy atom. The number of hydrogen-bond donors (Lipinski definition) is 2. The number of nitrogens with zero attached hydrogens (tertiary/aromatic N) is 2. The van der Waals surface area contributed by atoms with Gasteiger partial charge in [0.2, 0.25) is 22.0 Å². The minimum atomic E-state index is -3.73. The molecule has 0 aliphatic carbocycles. The Labute approximate surface area is 204 Å². The van der Waals surface area contributed by atoms with Gasteiger partial charge in [0.25, 0.3) is 5.91 Å². The van der Waals surface area contributed by atoms with Crippen LogP contribution in [0.15, 0.2) is 77.8 Å². The topological polar surface area (TPSA) is 132 Å². The maximum Gasteiger partial charge on any atom is 0.274 e. The second kappa shape index (κ2) is 10.7. The lowest BCUT2D eigenvalue weighted by atomic mass is 10.1. The van der Waals surface area contributed by atoms with Crippen LogP contribution in [0.4, 0.5) is 5.82 Å². The van der Waals surface area contributed by atoms with E-state index in [1.54, 1.807) is 35.4 Å². The second-order valence-electron chi connectivity index (χ2n) is 8.12. The molecule has 0 fully saturated rings. The molecule has 0 unspecified atom stereocenters. The number of pyridine rings is 1. The van der Waals surface area contributed by atoms with Crippen molar-refractivity contribution in [1.29, 1.82) is 0 Å². The summed E-state index contributed by atoms with van der Waals surface area (Å²) in [4.78, 5) is 31.5. The van der Waals surface area contributed by atoms with E-state index in [1.807, 2.05) is 30.3 Å². The Morgan fingerprint density at radius 3 is 2.51 bits per heavy atom. The summed E-state index contributed by atoms with van der Waals surface area (Å²) < 4.78 is 28.6.